The second-order valence-corrected chi connectivity index (χ2v) is 5.04. The maximum absolute atomic E-state index is 12.9. The van der Waals surface area contributed by atoms with Crippen LogP contribution in [-0.4, -0.2) is 30.1 Å². The molecule has 7 heteroatoms. The maximum atomic E-state index is 12.9. The Morgan fingerprint density at radius 2 is 2.00 bits per heavy atom. The zero-order valence-electron chi connectivity index (χ0n) is 11.5. The van der Waals surface area contributed by atoms with Crippen molar-refractivity contribution in [2.75, 3.05) is 18.4 Å². The van der Waals surface area contributed by atoms with Crippen molar-refractivity contribution in [2.24, 2.45) is 5.73 Å². The quantitative estimate of drug-likeness (QED) is 0.878. The van der Waals surface area contributed by atoms with E-state index < -0.39 is 17.8 Å². The van der Waals surface area contributed by atoms with E-state index in [0.29, 0.717) is 19.5 Å². The summed E-state index contributed by atoms with van der Waals surface area (Å²) < 4.78 is 38.7. The molecule has 0 saturated heterocycles. The molecule has 0 unspecified atom stereocenters. The van der Waals surface area contributed by atoms with Gasteiger partial charge in [-0.25, -0.2) is 4.79 Å². The molecule has 0 spiro atoms. The summed E-state index contributed by atoms with van der Waals surface area (Å²) in [6, 6.07) is 4.60. The van der Waals surface area contributed by atoms with E-state index >= 15 is 0 Å². The number of nitrogens with zero attached hydrogens (tertiary/aromatic N) is 1. The molecule has 0 atom stereocenters. The van der Waals surface area contributed by atoms with Gasteiger partial charge in [0.25, 0.3) is 0 Å². The number of alkyl halides is 3. The summed E-state index contributed by atoms with van der Waals surface area (Å²) in [5.41, 5.74) is 4.37. The van der Waals surface area contributed by atoms with Gasteiger partial charge in [-0.2, -0.15) is 13.2 Å². The standard InChI is InChI=1S/C14H18F3N3O/c15-14(16,17)11-4-1-2-5-12(11)19-13(21)20(9-3-8-18)10-6-7-10/h1-2,4-5,10H,3,6-9,18H2,(H,19,21). The molecule has 1 aromatic carbocycles. The fourth-order valence-corrected chi connectivity index (χ4v) is 2.12. The zero-order chi connectivity index (χ0) is 15.5. The highest BCUT2D eigenvalue weighted by atomic mass is 19.4. The van der Waals surface area contributed by atoms with E-state index in [9.17, 15) is 18.0 Å². The molecule has 0 radical (unpaired) electrons. The average molecular weight is 301 g/mol. The monoisotopic (exact) mass is 301 g/mol. The molecule has 0 aliphatic heterocycles. The summed E-state index contributed by atoms with van der Waals surface area (Å²) >= 11 is 0. The van der Waals surface area contributed by atoms with Gasteiger partial charge >= 0.3 is 12.2 Å². The van der Waals surface area contributed by atoms with Crippen LogP contribution < -0.4 is 11.1 Å². The number of amides is 2. The molecule has 1 fully saturated rings. The lowest BCUT2D eigenvalue weighted by molar-refractivity contribution is -0.136. The second kappa shape index (κ2) is 6.34. The topological polar surface area (TPSA) is 58.4 Å². The van der Waals surface area contributed by atoms with Crippen molar-refractivity contribution in [2.45, 2.75) is 31.5 Å². The van der Waals surface area contributed by atoms with Crippen LogP contribution in [0.5, 0.6) is 0 Å². The summed E-state index contributed by atoms with van der Waals surface area (Å²) in [4.78, 5) is 13.8. The molecule has 2 amide bonds. The van der Waals surface area contributed by atoms with Crippen molar-refractivity contribution in [3.63, 3.8) is 0 Å². The fraction of sp³-hybridized carbons (Fsp3) is 0.500. The molecule has 21 heavy (non-hydrogen) atoms. The van der Waals surface area contributed by atoms with Crippen LogP contribution in [0.1, 0.15) is 24.8 Å². The van der Waals surface area contributed by atoms with Crippen molar-refractivity contribution >= 4 is 11.7 Å². The van der Waals surface area contributed by atoms with Gasteiger partial charge in [-0.05, 0) is 37.9 Å². The Morgan fingerprint density at radius 3 is 2.57 bits per heavy atom. The first kappa shape index (κ1) is 15.6. The van der Waals surface area contributed by atoms with Gasteiger partial charge in [0.15, 0.2) is 0 Å². The molecule has 116 valence electrons. The van der Waals surface area contributed by atoms with E-state index in [1.54, 1.807) is 4.90 Å². The molecule has 2 rings (SSSR count). The van der Waals surface area contributed by atoms with Gasteiger partial charge in [0.1, 0.15) is 0 Å². The average Bonchev–Trinajstić information content (AvgIpc) is 3.23. The lowest BCUT2D eigenvalue weighted by atomic mass is 10.1. The molecule has 0 bridgehead atoms. The van der Waals surface area contributed by atoms with Crippen LogP contribution >= 0.6 is 0 Å². The van der Waals surface area contributed by atoms with Crippen molar-refractivity contribution in [1.82, 2.24) is 4.90 Å². The number of para-hydroxylation sites is 1. The van der Waals surface area contributed by atoms with Gasteiger partial charge in [-0.1, -0.05) is 12.1 Å². The number of hydrogen-bond acceptors (Lipinski definition) is 2. The van der Waals surface area contributed by atoms with Gasteiger partial charge < -0.3 is 16.0 Å². The Hall–Kier alpha value is -1.76. The minimum atomic E-state index is -4.49. The molecule has 0 heterocycles. The van der Waals surface area contributed by atoms with Gasteiger partial charge in [0, 0.05) is 12.6 Å². The first-order valence-corrected chi connectivity index (χ1v) is 6.87. The van der Waals surface area contributed by atoms with Crippen LogP contribution in [-0.2, 0) is 6.18 Å². The van der Waals surface area contributed by atoms with E-state index in [1.165, 1.54) is 18.2 Å². The number of halogens is 3. The molecule has 1 saturated carbocycles. The van der Waals surface area contributed by atoms with E-state index in [4.69, 9.17) is 5.73 Å². The second-order valence-electron chi connectivity index (χ2n) is 5.04. The minimum absolute atomic E-state index is 0.120. The Bertz CT molecular complexity index is 500. The molecule has 1 aromatic rings. The van der Waals surface area contributed by atoms with Crippen LogP contribution in [0.3, 0.4) is 0 Å². The number of nitrogens with two attached hydrogens (primary N) is 1. The Kier molecular flexibility index (Phi) is 4.72. The van der Waals surface area contributed by atoms with E-state index in [1.807, 2.05) is 0 Å². The highest BCUT2D eigenvalue weighted by Crippen LogP contribution is 2.35. The molecular weight excluding hydrogens is 283 g/mol. The van der Waals surface area contributed by atoms with Crippen molar-refractivity contribution in [3.05, 3.63) is 29.8 Å². The van der Waals surface area contributed by atoms with E-state index in [0.717, 1.165) is 18.9 Å². The van der Waals surface area contributed by atoms with Gasteiger partial charge in [0.2, 0.25) is 0 Å². The highest BCUT2D eigenvalue weighted by molar-refractivity contribution is 5.90. The fourth-order valence-electron chi connectivity index (χ4n) is 2.12. The highest BCUT2D eigenvalue weighted by Gasteiger charge is 2.36. The predicted molar refractivity (Wildman–Crippen MR) is 73.9 cm³/mol. The number of nitrogens with one attached hydrogen (secondary N) is 1. The van der Waals surface area contributed by atoms with Crippen LogP contribution in [0.15, 0.2) is 24.3 Å². The Morgan fingerprint density at radius 1 is 1.33 bits per heavy atom. The number of carbonyl (C=O) groups excluding carboxylic acids is 1. The number of rotatable bonds is 5. The number of anilines is 1. The molecular formula is C14H18F3N3O. The predicted octanol–water partition coefficient (Wildman–Crippen LogP) is 3.05. The summed E-state index contributed by atoms with van der Waals surface area (Å²) in [6.07, 6.45) is -2.09. The molecule has 0 aromatic heterocycles. The smallest absolute Gasteiger partial charge is 0.330 e. The van der Waals surface area contributed by atoms with Crippen LogP contribution in [0, 0.1) is 0 Å². The van der Waals surface area contributed by atoms with Crippen LogP contribution in [0.25, 0.3) is 0 Å². The first-order valence-electron chi connectivity index (χ1n) is 6.87. The Labute approximate surface area is 121 Å². The normalized spacial score (nSPS) is 14.9. The minimum Gasteiger partial charge on any atom is -0.330 e. The largest absolute Gasteiger partial charge is 0.418 e. The molecule has 3 N–H and O–H groups in total. The van der Waals surface area contributed by atoms with Gasteiger partial charge in [-0.3, -0.25) is 0 Å². The zero-order valence-corrected chi connectivity index (χ0v) is 11.5. The molecule has 1 aliphatic carbocycles. The first-order chi connectivity index (χ1) is 9.93. The number of carbonyl (C=O) groups is 1. The number of hydrogen-bond donors (Lipinski definition) is 2. The summed E-state index contributed by atoms with van der Waals surface area (Å²) in [5, 5.41) is 2.37. The van der Waals surface area contributed by atoms with Gasteiger partial charge in [-0.15, -0.1) is 0 Å². The number of benzene rings is 1. The van der Waals surface area contributed by atoms with Crippen molar-refractivity contribution < 1.29 is 18.0 Å². The summed E-state index contributed by atoms with van der Waals surface area (Å²) in [6.45, 7) is 0.900. The summed E-state index contributed by atoms with van der Waals surface area (Å²) in [5.74, 6) is 0. The SMILES string of the molecule is NCCCN(C(=O)Nc1ccccc1C(F)(F)F)C1CC1. The lowest BCUT2D eigenvalue weighted by Gasteiger charge is -2.23. The molecule has 1 aliphatic rings. The third-order valence-electron chi connectivity index (χ3n) is 3.33. The third-order valence-corrected chi connectivity index (χ3v) is 3.33. The van der Waals surface area contributed by atoms with Crippen LogP contribution in [0.4, 0.5) is 23.7 Å². The summed E-state index contributed by atoms with van der Waals surface area (Å²) in [7, 11) is 0. The Balaban J connectivity index is 2.11. The van der Waals surface area contributed by atoms with Crippen molar-refractivity contribution in [3.8, 4) is 0 Å². The van der Waals surface area contributed by atoms with E-state index in [2.05, 4.69) is 5.32 Å². The molecule has 4 nitrogen and oxygen atoms in total. The lowest BCUT2D eigenvalue weighted by Crippen LogP contribution is -2.38. The maximum Gasteiger partial charge on any atom is 0.418 e. The van der Waals surface area contributed by atoms with Crippen molar-refractivity contribution in [1.29, 1.82) is 0 Å². The van der Waals surface area contributed by atoms with E-state index in [-0.39, 0.29) is 11.7 Å². The van der Waals surface area contributed by atoms with Gasteiger partial charge in [0.05, 0.1) is 11.3 Å². The van der Waals surface area contributed by atoms with Crippen LogP contribution in [0.2, 0.25) is 0 Å². The number of urea groups is 1. The third kappa shape index (κ3) is 4.10.